The molecule has 0 aliphatic carbocycles. The summed E-state index contributed by atoms with van der Waals surface area (Å²) in [5.41, 5.74) is 0. The first-order valence-electron chi connectivity index (χ1n) is 6.19. The second kappa shape index (κ2) is 7.33. The predicted octanol–water partition coefficient (Wildman–Crippen LogP) is -0.225. The Kier molecular flexibility index (Phi) is 6.07. The number of piperidine rings is 1. The molecule has 0 aromatic carbocycles. The quantitative estimate of drug-likeness (QED) is 0.690. The van der Waals surface area contributed by atoms with Crippen LogP contribution in [-0.2, 0) is 19.1 Å². The molecule has 1 fully saturated rings. The maximum atomic E-state index is 11.6. The molecule has 0 aromatic heterocycles. The highest BCUT2D eigenvalue weighted by atomic mass is 16.5. The molecule has 1 unspecified atom stereocenters. The molecule has 0 aromatic rings. The standard InChI is InChI=1S/C12H22N2O4/c1-9(12(16)18-3)13-10-4-6-14(7-5-10)11(15)8-17-2/h9-10,13H,4-8H2,1-3H3. The SMILES string of the molecule is COCC(=O)N1CCC(NC(C)C(=O)OC)CC1. The van der Waals surface area contributed by atoms with Crippen LogP contribution in [0.5, 0.6) is 0 Å². The zero-order valence-electron chi connectivity index (χ0n) is 11.3. The topological polar surface area (TPSA) is 67.9 Å². The number of nitrogens with one attached hydrogen (secondary N) is 1. The molecule has 104 valence electrons. The maximum absolute atomic E-state index is 11.6. The van der Waals surface area contributed by atoms with E-state index >= 15 is 0 Å². The van der Waals surface area contributed by atoms with Gasteiger partial charge in [-0.05, 0) is 19.8 Å². The highest BCUT2D eigenvalue weighted by molar-refractivity contribution is 5.77. The second-order valence-corrected chi connectivity index (χ2v) is 4.50. The highest BCUT2D eigenvalue weighted by Crippen LogP contribution is 2.11. The molecule has 1 aliphatic heterocycles. The molecule has 18 heavy (non-hydrogen) atoms. The fourth-order valence-corrected chi connectivity index (χ4v) is 2.11. The Morgan fingerprint density at radius 2 is 1.94 bits per heavy atom. The molecule has 6 heteroatoms. The van der Waals surface area contributed by atoms with Crippen LogP contribution < -0.4 is 5.32 Å². The first-order valence-corrected chi connectivity index (χ1v) is 6.19. The van der Waals surface area contributed by atoms with Crippen LogP contribution in [0.3, 0.4) is 0 Å². The van der Waals surface area contributed by atoms with Gasteiger partial charge in [0.2, 0.25) is 5.91 Å². The number of carbonyl (C=O) groups excluding carboxylic acids is 2. The Morgan fingerprint density at radius 3 is 2.44 bits per heavy atom. The lowest BCUT2D eigenvalue weighted by Crippen LogP contribution is -2.49. The molecule has 1 amide bonds. The van der Waals surface area contributed by atoms with E-state index in [2.05, 4.69) is 10.1 Å². The molecular formula is C12H22N2O4. The Bertz CT molecular complexity index is 288. The van der Waals surface area contributed by atoms with E-state index in [0.717, 1.165) is 12.8 Å². The summed E-state index contributed by atoms with van der Waals surface area (Å²) in [6, 6.07) is -0.0491. The van der Waals surface area contributed by atoms with E-state index in [1.165, 1.54) is 14.2 Å². The molecule has 0 saturated carbocycles. The zero-order chi connectivity index (χ0) is 13.5. The van der Waals surface area contributed by atoms with E-state index < -0.39 is 0 Å². The second-order valence-electron chi connectivity index (χ2n) is 4.50. The van der Waals surface area contributed by atoms with E-state index in [-0.39, 0.29) is 30.6 Å². The average molecular weight is 258 g/mol. The van der Waals surface area contributed by atoms with Crippen LogP contribution in [0, 0.1) is 0 Å². The number of esters is 1. The van der Waals surface area contributed by atoms with Crippen molar-refractivity contribution in [3.05, 3.63) is 0 Å². The molecule has 0 radical (unpaired) electrons. The van der Waals surface area contributed by atoms with Crippen LogP contribution in [0.2, 0.25) is 0 Å². The molecule has 1 rings (SSSR count). The minimum Gasteiger partial charge on any atom is -0.468 e. The molecule has 1 heterocycles. The Labute approximate surface area is 108 Å². The molecular weight excluding hydrogens is 236 g/mol. The first kappa shape index (κ1) is 14.9. The molecule has 1 saturated heterocycles. The Morgan fingerprint density at radius 1 is 1.33 bits per heavy atom. The third kappa shape index (κ3) is 4.27. The van der Waals surface area contributed by atoms with Crippen molar-refractivity contribution in [1.82, 2.24) is 10.2 Å². The number of likely N-dealkylation sites (tertiary alicyclic amines) is 1. The summed E-state index contributed by atoms with van der Waals surface area (Å²) in [6.45, 7) is 3.33. The van der Waals surface area contributed by atoms with Crippen LogP contribution >= 0.6 is 0 Å². The summed E-state index contributed by atoms with van der Waals surface area (Å²) in [4.78, 5) is 24.7. The Balaban J connectivity index is 2.31. The van der Waals surface area contributed by atoms with Gasteiger partial charge in [-0.15, -0.1) is 0 Å². The Hall–Kier alpha value is -1.14. The monoisotopic (exact) mass is 258 g/mol. The minimum absolute atomic E-state index is 0.0250. The highest BCUT2D eigenvalue weighted by Gasteiger charge is 2.25. The van der Waals surface area contributed by atoms with Crippen molar-refractivity contribution in [2.24, 2.45) is 0 Å². The molecule has 1 N–H and O–H groups in total. The summed E-state index contributed by atoms with van der Waals surface area (Å²) < 4.78 is 9.49. The van der Waals surface area contributed by atoms with Crippen molar-refractivity contribution in [2.75, 3.05) is 33.9 Å². The van der Waals surface area contributed by atoms with Crippen LogP contribution in [0.25, 0.3) is 0 Å². The third-order valence-corrected chi connectivity index (χ3v) is 3.16. The third-order valence-electron chi connectivity index (χ3n) is 3.16. The summed E-state index contributed by atoms with van der Waals surface area (Å²) >= 11 is 0. The number of methoxy groups -OCH3 is 2. The lowest BCUT2D eigenvalue weighted by molar-refractivity contribution is -0.143. The molecule has 1 atom stereocenters. The van der Waals surface area contributed by atoms with Crippen molar-refractivity contribution in [3.8, 4) is 0 Å². The number of hydrogen-bond donors (Lipinski definition) is 1. The van der Waals surface area contributed by atoms with Gasteiger partial charge < -0.3 is 19.7 Å². The number of carbonyl (C=O) groups is 2. The van der Waals surface area contributed by atoms with E-state index in [1.54, 1.807) is 11.8 Å². The van der Waals surface area contributed by atoms with Crippen LogP contribution in [0.15, 0.2) is 0 Å². The van der Waals surface area contributed by atoms with Gasteiger partial charge in [-0.3, -0.25) is 9.59 Å². The van der Waals surface area contributed by atoms with Crippen molar-refractivity contribution in [3.63, 3.8) is 0 Å². The molecule has 0 spiro atoms. The summed E-state index contributed by atoms with van der Waals surface area (Å²) in [7, 11) is 2.90. The molecule has 1 aliphatic rings. The van der Waals surface area contributed by atoms with Crippen LogP contribution in [0.4, 0.5) is 0 Å². The van der Waals surface area contributed by atoms with Gasteiger partial charge in [0, 0.05) is 26.2 Å². The van der Waals surface area contributed by atoms with E-state index in [0.29, 0.717) is 13.1 Å². The lowest BCUT2D eigenvalue weighted by atomic mass is 10.0. The number of ether oxygens (including phenoxy) is 2. The first-order chi connectivity index (χ1) is 8.58. The minimum atomic E-state index is -0.304. The van der Waals surface area contributed by atoms with Crippen LogP contribution in [0.1, 0.15) is 19.8 Å². The molecule has 6 nitrogen and oxygen atoms in total. The van der Waals surface area contributed by atoms with Gasteiger partial charge in [0.15, 0.2) is 0 Å². The number of hydrogen-bond acceptors (Lipinski definition) is 5. The summed E-state index contributed by atoms with van der Waals surface area (Å²) in [5.74, 6) is -0.232. The van der Waals surface area contributed by atoms with Gasteiger partial charge >= 0.3 is 5.97 Å². The van der Waals surface area contributed by atoms with Gasteiger partial charge in [0.1, 0.15) is 12.6 Å². The van der Waals surface area contributed by atoms with Gasteiger partial charge in [-0.2, -0.15) is 0 Å². The van der Waals surface area contributed by atoms with Gasteiger partial charge in [-0.25, -0.2) is 0 Å². The van der Waals surface area contributed by atoms with Crippen LogP contribution in [-0.4, -0.2) is 62.8 Å². The van der Waals surface area contributed by atoms with E-state index in [9.17, 15) is 9.59 Å². The van der Waals surface area contributed by atoms with Gasteiger partial charge in [-0.1, -0.05) is 0 Å². The van der Waals surface area contributed by atoms with Gasteiger partial charge in [0.25, 0.3) is 0 Å². The average Bonchev–Trinajstić information content (AvgIpc) is 2.38. The van der Waals surface area contributed by atoms with Crippen molar-refractivity contribution in [2.45, 2.75) is 31.8 Å². The largest absolute Gasteiger partial charge is 0.468 e. The summed E-state index contributed by atoms with van der Waals surface area (Å²) in [5, 5.41) is 3.22. The number of rotatable bonds is 5. The number of nitrogens with zero attached hydrogens (tertiary/aromatic N) is 1. The summed E-state index contributed by atoms with van der Waals surface area (Å²) in [6.07, 6.45) is 1.69. The zero-order valence-corrected chi connectivity index (χ0v) is 11.3. The lowest BCUT2D eigenvalue weighted by Gasteiger charge is -2.33. The number of amides is 1. The molecule has 0 bridgehead atoms. The van der Waals surface area contributed by atoms with E-state index in [1.807, 2.05) is 0 Å². The van der Waals surface area contributed by atoms with Crippen molar-refractivity contribution < 1.29 is 19.1 Å². The predicted molar refractivity (Wildman–Crippen MR) is 66.1 cm³/mol. The smallest absolute Gasteiger partial charge is 0.322 e. The maximum Gasteiger partial charge on any atom is 0.322 e. The van der Waals surface area contributed by atoms with E-state index in [4.69, 9.17) is 4.74 Å². The van der Waals surface area contributed by atoms with Gasteiger partial charge in [0.05, 0.1) is 7.11 Å². The fourth-order valence-electron chi connectivity index (χ4n) is 2.11. The van der Waals surface area contributed by atoms with Crippen molar-refractivity contribution >= 4 is 11.9 Å². The normalized spacial score (nSPS) is 18.5. The fraction of sp³-hybridized carbons (Fsp3) is 0.833. The van der Waals surface area contributed by atoms with Crippen molar-refractivity contribution in [1.29, 1.82) is 0 Å².